The van der Waals surface area contributed by atoms with Crippen molar-refractivity contribution in [1.29, 1.82) is 0 Å². The molecule has 1 aromatic carbocycles. The van der Waals surface area contributed by atoms with Crippen LogP contribution in [0.5, 0.6) is 0 Å². The van der Waals surface area contributed by atoms with Gasteiger partial charge < -0.3 is 9.31 Å². The molecule has 164 valence electrons. The number of benzene rings is 1. The molecule has 5 rings (SSSR count). The molecule has 0 unspecified atom stereocenters. The van der Waals surface area contributed by atoms with Crippen LogP contribution in [0.1, 0.15) is 27.7 Å². The maximum absolute atomic E-state index is 6.20. The SMILES string of the molecule is CC1(C)OB(c2ccc(-c3cc(-c4ccccn4)nc(-c4ccccn4)c3)cc2)OC1(C)C. The van der Waals surface area contributed by atoms with E-state index in [-0.39, 0.29) is 18.3 Å². The zero-order valence-corrected chi connectivity index (χ0v) is 19.3. The molecule has 4 aromatic rings. The second-order valence-corrected chi connectivity index (χ2v) is 9.27. The van der Waals surface area contributed by atoms with E-state index < -0.39 is 0 Å². The lowest BCUT2D eigenvalue weighted by molar-refractivity contribution is 0.00578. The molecule has 0 radical (unpaired) electrons. The quantitative estimate of drug-likeness (QED) is 0.414. The smallest absolute Gasteiger partial charge is 0.399 e. The molecular formula is C27H26BN3O2. The van der Waals surface area contributed by atoms with Gasteiger partial charge in [0.15, 0.2) is 0 Å². The zero-order valence-electron chi connectivity index (χ0n) is 19.3. The van der Waals surface area contributed by atoms with Crippen LogP contribution in [0.25, 0.3) is 33.9 Å². The molecule has 0 amide bonds. The van der Waals surface area contributed by atoms with E-state index >= 15 is 0 Å². The molecule has 33 heavy (non-hydrogen) atoms. The van der Waals surface area contributed by atoms with Crippen molar-refractivity contribution in [2.75, 3.05) is 0 Å². The second-order valence-electron chi connectivity index (χ2n) is 9.27. The summed E-state index contributed by atoms with van der Waals surface area (Å²) in [5.41, 5.74) is 5.66. The number of aromatic nitrogens is 3. The highest BCUT2D eigenvalue weighted by Crippen LogP contribution is 2.36. The number of rotatable bonds is 4. The van der Waals surface area contributed by atoms with Gasteiger partial charge in [-0.25, -0.2) is 4.98 Å². The van der Waals surface area contributed by atoms with Crippen molar-refractivity contribution >= 4 is 12.6 Å². The molecule has 0 spiro atoms. The third-order valence-corrected chi connectivity index (χ3v) is 6.45. The summed E-state index contributed by atoms with van der Waals surface area (Å²) in [5, 5.41) is 0. The van der Waals surface area contributed by atoms with Gasteiger partial charge in [0, 0.05) is 12.4 Å². The summed E-state index contributed by atoms with van der Waals surface area (Å²) in [4.78, 5) is 13.8. The van der Waals surface area contributed by atoms with Gasteiger partial charge in [0.1, 0.15) is 0 Å². The van der Waals surface area contributed by atoms with E-state index in [1.165, 1.54) is 0 Å². The van der Waals surface area contributed by atoms with Crippen molar-refractivity contribution in [1.82, 2.24) is 15.0 Å². The average Bonchev–Trinajstić information content (AvgIpc) is 3.07. The highest BCUT2D eigenvalue weighted by Gasteiger charge is 2.51. The van der Waals surface area contributed by atoms with Crippen LogP contribution >= 0.6 is 0 Å². The zero-order chi connectivity index (χ0) is 23.1. The van der Waals surface area contributed by atoms with Crippen LogP contribution in [-0.2, 0) is 9.31 Å². The maximum atomic E-state index is 6.20. The number of hydrogen-bond donors (Lipinski definition) is 0. The lowest BCUT2D eigenvalue weighted by atomic mass is 9.78. The van der Waals surface area contributed by atoms with Crippen molar-refractivity contribution in [3.63, 3.8) is 0 Å². The van der Waals surface area contributed by atoms with Crippen LogP contribution in [0.4, 0.5) is 0 Å². The van der Waals surface area contributed by atoms with E-state index in [4.69, 9.17) is 14.3 Å². The molecule has 0 bridgehead atoms. The molecule has 1 aliphatic rings. The van der Waals surface area contributed by atoms with Crippen LogP contribution in [0.3, 0.4) is 0 Å². The van der Waals surface area contributed by atoms with E-state index in [0.29, 0.717) is 0 Å². The minimum atomic E-state index is -0.380. The Kier molecular flexibility index (Phi) is 5.35. The second kappa shape index (κ2) is 8.21. The van der Waals surface area contributed by atoms with Gasteiger partial charge >= 0.3 is 7.12 Å². The fraction of sp³-hybridized carbons (Fsp3) is 0.222. The van der Waals surface area contributed by atoms with Crippen LogP contribution in [0.2, 0.25) is 0 Å². The van der Waals surface area contributed by atoms with Gasteiger partial charge in [0.05, 0.1) is 34.0 Å². The van der Waals surface area contributed by atoms with Gasteiger partial charge in [-0.2, -0.15) is 0 Å². The largest absolute Gasteiger partial charge is 0.494 e. The maximum Gasteiger partial charge on any atom is 0.494 e. The fourth-order valence-corrected chi connectivity index (χ4v) is 3.80. The summed E-state index contributed by atoms with van der Waals surface area (Å²) in [7, 11) is -0.380. The Morgan fingerprint density at radius 1 is 0.606 bits per heavy atom. The van der Waals surface area contributed by atoms with E-state index in [2.05, 4.69) is 74.1 Å². The average molecular weight is 435 g/mol. The van der Waals surface area contributed by atoms with Crippen molar-refractivity contribution < 1.29 is 9.31 Å². The molecule has 0 aliphatic carbocycles. The van der Waals surface area contributed by atoms with Gasteiger partial charge in [0.25, 0.3) is 0 Å². The molecule has 1 saturated heterocycles. The van der Waals surface area contributed by atoms with Crippen LogP contribution in [-0.4, -0.2) is 33.3 Å². The van der Waals surface area contributed by atoms with Crippen LogP contribution < -0.4 is 5.46 Å². The third kappa shape index (κ3) is 4.20. The molecule has 3 aromatic heterocycles. The topological polar surface area (TPSA) is 57.1 Å². The molecule has 0 saturated carbocycles. The Labute approximate surface area is 195 Å². The van der Waals surface area contributed by atoms with Gasteiger partial charge in [-0.15, -0.1) is 0 Å². The molecular weight excluding hydrogens is 409 g/mol. The molecule has 0 atom stereocenters. The van der Waals surface area contributed by atoms with Gasteiger partial charge in [0.2, 0.25) is 0 Å². The summed E-state index contributed by atoms with van der Waals surface area (Å²) >= 11 is 0. The minimum Gasteiger partial charge on any atom is -0.399 e. The first-order valence-corrected chi connectivity index (χ1v) is 11.1. The van der Waals surface area contributed by atoms with Crippen molar-refractivity contribution in [2.45, 2.75) is 38.9 Å². The highest BCUT2D eigenvalue weighted by atomic mass is 16.7. The van der Waals surface area contributed by atoms with Crippen molar-refractivity contribution in [3.8, 4) is 33.9 Å². The van der Waals surface area contributed by atoms with Crippen molar-refractivity contribution in [3.05, 3.63) is 85.2 Å². The molecule has 1 fully saturated rings. The molecule has 6 heteroatoms. The fourth-order valence-electron chi connectivity index (χ4n) is 3.80. The number of hydrogen-bond acceptors (Lipinski definition) is 5. The number of pyridine rings is 3. The molecule has 0 N–H and O–H groups in total. The highest BCUT2D eigenvalue weighted by molar-refractivity contribution is 6.62. The predicted molar refractivity (Wildman–Crippen MR) is 132 cm³/mol. The summed E-state index contributed by atoms with van der Waals surface area (Å²) in [6.45, 7) is 8.26. The van der Waals surface area contributed by atoms with E-state index in [1.807, 2.05) is 36.4 Å². The summed E-state index contributed by atoms with van der Waals surface area (Å²) < 4.78 is 12.4. The standard InChI is InChI=1S/C27H26BN3O2/c1-26(2)27(3,4)33-28(32-26)21-13-11-19(12-14-21)20-17-24(22-9-5-7-15-29-22)31-25(18-20)23-10-6-8-16-30-23/h5-18H,1-4H3. The van der Waals surface area contributed by atoms with Crippen molar-refractivity contribution in [2.24, 2.45) is 0 Å². The lowest BCUT2D eigenvalue weighted by Gasteiger charge is -2.32. The van der Waals surface area contributed by atoms with Gasteiger partial charge in [-0.05, 0) is 80.7 Å². The number of nitrogens with zero attached hydrogens (tertiary/aromatic N) is 3. The van der Waals surface area contributed by atoms with Crippen LogP contribution in [0.15, 0.2) is 85.2 Å². The van der Waals surface area contributed by atoms with E-state index in [9.17, 15) is 0 Å². The first-order chi connectivity index (χ1) is 15.8. The first kappa shape index (κ1) is 21.5. The van der Waals surface area contributed by atoms with Gasteiger partial charge in [-0.1, -0.05) is 36.4 Å². The molecule has 5 nitrogen and oxygen atoms in total. The summed E-state index contributed by atoms with van der Waals surface area (Å²) in [5.74, 6) is 0. The first-order valence-electron chi connectivity index (χ1n) is 11.1. The Bertz CT molecular complexity index is 1190. The summed E-state index contributed by atoms with van der Waals surface area (Å²) in [6.07, 6.45) is 3.56. The monoisotopic (exact) mass is 435 g/mol. The Hall–Kier alpha value is -3.35. The molecule has 1 aliphatic heterocycles. The lowest BCUT2D eigenvalue weighted by Crippen LogP contribution is -2.41. The van der Waals surface area contributed by atoms with Crippen LogP contribution in [0, 0.1) is 0 Å². The minimum absolute atomic E-state index is 0.364. The Morgan fingerprint density at radius 2 is 1.12 bits per heavy atom. The van der Waals surface area contributed by atoms with E-state index in [0.717, 1.165) is 39.4 Å². The third-order valence-electron chi connectivity index (χ3n) is 6.45. The Morgan fingerprint density at radius 3 is 1.58 bits per heavy atom. The molecule has 4 heterocycles. The summed E-state index contributed by atoms with van der Waals surface area (Å²) in [6, 6.07) is 24.1. The van der Waals surface area contributed by atoms with Gasteiger partial charge in [-0.3, -0.25) is 9.97 Å². The predicted octanol–water partition coefficient (Wildman–Crippen LogP) is 5.17. The Balaban J connectivity index is 1.52. The van der Waals surface area contributed by atoms with E-state index in [1.54, 1.807) is 12.4 Å². The normalized spacial score (nSPS) is 16.7.